The van der Waals surface area contributed by atoms with Crippen LogP contribution in [0.25, 0.3) is 0 Å². The predicted molar refractivity (Wildman–Crippen MR) is 81.2 cm³/mol. The molecule has 1 heterocycles. The maximum absolute atomic E-state index is 11.9. The van der Waals surface area contributed by atoms with E-state index < -0.39 is 10.0 Å². The number of rotatable bonds is 9. The van der Waals surface area contributed by atoms with Crippen LogP contribution in [-0.2, 0) is 10.0 Å². The van der Waals surface area contributed by atoms with Gasteiger partial charge in [-0.25, -0.2) is 13.1 Å². The molecule has 0 amide bonds. The van der Waals surface area contributed by atoms with E-state index in [1.807, 2.05) is 13.0 Å². The third-order valence-electron chi connectivity index (χ3n) is 2.94. The van der Waals surface area contributed by atoms with Gasteiger partial charge in [0.1, 0.15) is 11.5 Å². The molecule has 1 aromatic rings. The van der Waals surface area contributed by atoms with Gasteiger partial charge in [-0.3, -0.25) is 0 Å². The minimum Gasteiger partial charge on any atom is -0.465 e. The standard InChI is InChI=1S/C14H26N2O3S/c1-11(2)15-9-5-6-10-20(17,18)16-13(4)14-8-7-12(3)19-14/h7-8,11,13,15-16H,5-6,9-10H2,1-4H3. The molecule has 5 nitrogen and oxygen atoms in total. The van der Waals surface area contributed by atoms with Gasteiger partial charge >= 0.3 is 0 Å². The Morgan fingerprint density at radius 2 is 1.90 bits per heavy atom. The van der Waals surface area contributed by atoms with E-state index >= 15 is 0 Å². The average molecular weight is 302 g/mol. The molecule has 1 atom stereocenters. The van der Waals surface area contributed by atoms with Crippen molar-refractivity contribution in [1.29, 1.82) is 0 Å². The Bertz CT molecular complexity index is 494. The quantitative estimate of drug-likeness (QED) is 0.687. The van der Waals surface area contributed by atoms with Crippen molar-refractivity contribution in [2.45, 2.75) is 52.6 Å². The molecule has 0 aliphatic heterocycles. The zero-order valence-electron chi connectivity index (χ0n) is 12.8. The van der Waals surface area contributed by atoms with Crippen LogP contribution in [0.5, 0.6) is 0 Å². The lowest BCUT2D eigenvalue weighted by Gasteiger charge is -2.12. The van der Waals surface area contributed by atoms with Crippen molar-refractivity contribution in [2.24, 2.45) is 0 Å². The summed E-state index contributed by atoms with van der Waals surface area (Å²) in [6, 6.07) is 3.74. The summed E-state index contributed by atoms with van der Waals surface area (Å²) in [5.74, 6) is 1.58. The lowest BCUT2D eigenvalue weighted by Crippen LogP contribution is -2.29. The lowest BCUT2D eigenvalue weighted by atomic mass is 10.3. The number of nitrogens with one attached hydrogen (secondary N) is 2. The summed E-state index contributed by atoms with van der Waals surface area (Å²) in [5, 5.41) is 3.27. The van der Waals surface area contributed by atoms with Crippen molar-refractivity contribution in [3.63, 3.8) is 0 Å². The first-order valence-electron chi connectivity index (χ1n) is 7.10. The lowest BCUT2D eigenvalue weighted by molar-refractivity contribution is 0.441. The van der Waals surface area contributed by atoms with E-state index in [9.17, 15) is 8.42 Å². The van der Waals surface area contributed by atoms with Crippen molar-refractivity contribution in [3.8, 4) is 0 Å². The van der Waals surface area contributed by atoms with Gasteiger partial charge in [-0.2, -0.15) is 0 Å². The van der Waals surface area contributed by atoms with Crippen molar-refractivity contribution >= 4 is 10.0 Å². The van der Waals surface area contributed by atoms with E-state index in [2.05, 4.69) is 23.9 Å². The first-order chi connectivity index (χ1) is 9.30. The normalized spacial score (nSPS) is 13.8. The molecule has 2 N–H and O–H groups in total. The minimum absolute atomic E-state index is 0.150. The molecule has 116 valence electrons. The Balaban J connectivity index is 2.34. The molecule has 6 heteroatoms. The smallest absolute Gasteiger partial charge is 0.212 e. The number of hydrogen-bond acceptors (Lipinski definition) is 4. The van der Waals surface area contributed by atoms with Crippen LogP contribution in [0.15, 0.2) is 16.5 Å². The average Bonchev–Trinajstić information content (AvgIpc) is 2.74. The monoisotopic (exact) mass is 302 g/mol. The Labute approximate surface area is 122 Å². The van der Waals surface area contributed by atoms with Crippen molar-refractivity contribution in [3.05, 3.63) is 23.7 Å². The minimum atomic E-state index is -3.26. The molecule has 0 radical (unpaired) electrons. The van der Waals surface area contributed by atoms with Gasteiger partial charge in [-0.15, -0.1) is 0 Å². The molecule has 1 rings (SSSR count). The van der Waals surface area contributed by atoms with Gasteiger partial charge in [0, 0.05) is 6.04 Å². The van der Waals surface area contributed by atoms with E-state index in [4.69, 9.17) is 4.42 Å². The zero-order chi connectivity index (χ0) is 15.2. The molecular formula is C14H26N2O3S. The van der Waals surface area contributed by atoms with Crippen molar-refractivity contribution < 1.29 is 12.8 Å². The van der Waals surface area contributed by atoms with Crippen LogP contribution in [0.2, 0.25) is 0 Å². The highest BCUT2D eigenvalue weighted by atomic mass is 32.2. The van der Waals surface area contributed by atoms with Gasteiger partial charge in [-0.05, 0) is 45.4 Å². The maximum atomic E-state index is 11.9. The highest BCUT2D eigenvalue weighted by Crippen LogP contribution is 2.16. The molecule has 0 saturated heterocycles. The van der Waals surface area contributed by atoms with Gasteiger partial charge < -0.3 is 9.73 Å². The van der Waals surface area contributed by atoms with Gasteiger partial charge in [0.2, 0.25) is 10.0 Å². The summed E-state index contributed by atoms with van der Waals surface area (Å²) in [5.41, 5.74) is 0. The number of furan rings is 1. The second-order valence-electron chi connectivity index (χ2n) is 5.42. The van der Waals surface area contributed by atoms with E-state index in [0.717, 1.165) is 18.7 Å². The molecule has 0 bridgehead atoms. The first-order valence-corrected chi connectivity index (χ1v) is 8.75. The summed E-state index contributed by atoms with van der Waals surface area (Å²) >= 11 is 0. The Kier molecular flexibility index (Phi) is 6.71. The molecule has 1 aromatic heterocycles. The fourth-order valence-corrected chi connectivity index (χ4v) is 3.24. The second-order valence-corrected chi connectivity index (χ2v) is 7.30. The second kappa shape index (κ2) is 7.81. The fourth-order valence-electron chi connectivity index (χ4n) is 1.88. The fraction of sp³-hybridized carbons (Fsp3) is 0.714. The van der Waals surface area contributed by atoms with Gasteiger partial charge in [-0.1, -0.05) is 13.8 Å². The van der Waals surface area contributed by atoms with Crippen LogP contribution in [0.1, 0.15) is 51.2 Å². The van der Waals surface area contributed by atoms with E-state index in [1.54, 1.807) is 13.0 Å². The molecule has 0 fully saturated rings. The molecule has 0 spiro atoms. The van der Waals surface area contributed by atoms with Crippen LogP contribution >= 0.6 is 0 Å². The Morgan fingerprint density at radius 1 is 1.20 bits per heavy atom. The van der Waals surface area contributed by atoms with Gasteiger partial charge in [0.15, 0.2) is 0 Å². The highest BCUT2D eigenvalue weighted by Gasteiger charge is 2.17. The molecule has 0 aliphatic rings. The first kappa shape index (κ1) is 17.2. The number of sulfonamides is 1. The van der Waals surface area contributed by atoms with Gasteiger partial charge in [0.25, 0.3) is 0 Å². The van der Waals surface area contributed by atoms with Crippen molar-refractivity contribution in [2.75, 3.05) is 12.3 Å². The van der Waals surface area contributed by atoms with Crippen LogP contribution < -0.4 is 10.0 Å². The van der Waals surface area contributed by atoms with Crippen LogP contribution in [0.3, 0.4) is 0 Å². The number of hydrogen-bond donors (Lipinski definition) is 2. The Morgan fingerprint density at radius 3 is 2.45 bits per heavy atom. The summed E-state index contributed by atoms with van der Waals surface area (Å²) in [7, 11) is -3.26. The van der Waals surface area contributed by atoms with Crippen LogP contribution in [0.4, 0.5) is 0 Å². The number of aryl methyl sites for hydroxylation is 1. The zero-order valence-corrected chi connectivity index (χ0v) is 13.6. The van der Waals surface area contributed by atoms with E-state index in [0.29, 0.717) is 18.2 Å². The largest absolute Gasteiger partial charge is 0.465 e. The Hall–Kier alpha value is -0.850. The summed E-state index contributed by atoms with van der Waals surface area (Å²) < 4.78 is 32.0. The summed E-state index contributed by atoms with van der Waals surface area (Å²) in [4.78, 5) is 0. The molecule has 0 aliphatic carbocycles. The molecule has 20 heavy (non-hydrogen) atoms. The molecule has 1 unspecified atom stereocenters. The summed E-state index contributed by atoms with van der Waals surface area (Å²) in [6.45, 7) is 8.62. The summed E-state index contributed by atoms with van der Waals surface area (Å²) in [6.07, 6.45) is 1.51. The molecule has 0 aromatic carbocycles. The van der Waals surface area contributed by atoms with Crippen LogP contribution in [-0.4, -0.2) is 26.8 Å². The number of unbranched alkanes of at least 4 members (excludes halogenated alkanes) is 1. The molecule has 0 saturated carbocycles. The van der Waals surface area contributed by atoms with Crippen LogP contribution in [0, 0.1) is 6.92 Å². The predicted octanol–water partition coefficient (Wildman–Crippen LogP) is 2.35. The maximum Gasteiger partial charge on any atom is 0.212 e. The van der Waals surface area contributed by atoms with Gasteiger partial charge in [0.05, 0.1) is 11.8 Å². The topological polar surface area (TPSA) is 71.3 Å². The third-order valence-corrected chi connectivity index (χ3v) is 4.48. The van der Waals surface area contributed by atoms with Crippen molar-refractivity contribution in [1.82, 2.24) is 10.0 Å². The SMILES string of the molecule is Cc1ccc(C(C)NS(=O)(=O)CCCCNC(C)C)o1. The molecular weight excluding hydrogens is 276 g/mol. The van der Waals surface area contributed by atoms with E-state index in [1.165, 1.54) is 0 Å². The van der Waals surface area contributed by atoms with E-state index in [-0.39, 0.29) is 11.8 Å². The third kappa shape index (κ3) is 6.54. The highest BCUT2D eigenvalue weighted by molar-refractivity contribution is 7.89.